The third kappa shape index (κ3) is 3.41. The lowest BCUT2D eigenvalue weighted by molar-refractivity contribution is 0.468. The highest BCUT2D eigenvalue weighted by molar-refractivity contribution is 5.60. The van der Waals surface area contributed by atoms with Crippen molar-refractivity contribution in [1.29, 1.82) is 0 Å². The maximum absolute atomic E-state index is 9.54. The quantitative estimate of drug-likeness (QED) is 0.814. The number of rotatable bonds is 4. The number of hydrogen-bond donors (Lipinski definition) is 1. The molecule has 0 saturated heterocycles. The van der Waals surface area contributed by atoms with Crippen molar-refractivity contribution in [2.45, 2.75) is 13.0 Å². The highest BCUT2D eigenvalue weighted by Crippen LogP contribution is 2.15. The standard InChI is InChI=1S/C14H14N2O/c17-14-7-2-1-5-12(14)11-15-10-8-13-6-3-4-9-16-13/h1-7,9-10,17H,8,11H2. The van der Waals surface area contributed by atoms with E-state index in [1.54, 1.807) is 18.3 Å². The summed E-state index contributed by atoms with van der Waals surface area (Å²) in [5, 5.41) is 9.54. The smallest absolute Gasteiger partial charge is 0.120 e. The summed E-state index contributed by atoms with van der Waals surface area (Å²) in [6.45, 7) is 0.500. The van der Waals surface area contributed by atoms with E-state index in [-0.39, 0.29) is 0 Å². The number of para-hydroxylation sites is 1. The second kappa shape index (κ2) is 5.80. The van der Waals surface area contributed by atoms with Crippen molar-refractivity contribution in [2.24, 2.45) is 4.99 Å². The van der Waals surface area contributed by atoms with E-state index in [2.05, 4.69) is 9.98 Å². The van der Waals surface area contributed by atoms with Crippen LogP contribution in [0.15, 0.2) is 53.7 Å². The van der Waals surface area contributed by atoms with Gasteiger partial charge in [-0.3, -0.25) is 9.98 Å². The molecule has 2 aromatic rings. The van der Waals surface area contributed by atoms with Gasteiger partial charge < -0.3 is 5.11 Å². The summed E-state index contributed by atoms with van der Waals surface area (Å²) >= 11 is 0. The molecule has 1 aromatic carbocycles. The van der Waals surface area contributed by atoms with Crippen molar-refractivity contribution < 1.29 is 5.11 Å². The Kier molecular flexibility index (Phi) is 3.86. The van der Waals surface area contributed by atoms with E-state index in [0.29, 0.717) is 18.7 Å². The van der Waals surface area contributed by atoms with E-state index in [1.807, 2.05) is 36.5 Å². The van der Waals surface area contributed by atoms with Crippen molar-refractivity contribution in [3.05, 3.63) is 59.9 Å². The SMILES string of the molecule is Oc1ccccc1CN=CCc1ccccn1. The lowest BCUT2D eigenvalue weighted by Gasteiger charge is -1.99. The molecule has 3 heteroatoms. The third-order valence-corrected chi connectivity index (χ3v) is 2.41. The molecule has 0 bridgehead atoms. The van der Waals surface area contributed by atoms with Crippen LogP contribution < -0.4 is 0 Å². The number of aliphatic imine (C=N–C) groups is 1. The summed E-state index contributed by atoms with van der Waals surface area (Å²) in [6.07, 6.45) is 4.31. The summed E-state index contributed by atoms with van der Waals surface area (Å²) in [6, 6.07) is 13.0. The first kappa shape index (κ1) is 11.3. The molecule has 1 N–H and O–H groups in total. The minimum Gasteiger partial charge on any atom is -0.508 e. The molecule has 0 spiro atoms. The van der Waals surface area contributed by atoms with Crippen LogP contribution >= 0.6 is 0 Å². The Morgan fingerprint density at radius 2 is 1.94 bits per heavy atom. The number of benzene rings is 1. The predicted octanol–water partition coefficient (Wildman–Crippen LogP) is 2.60. The first-order valence-corrected chi connectivity index (χ1v) is 5.51. The summed E-state index contributed by atoms with van der Waals surface area (Å²) in [7, 11) is 0. The van der Waals surface area contributed by atoms with Crippen LogP contribution in [0.4, 0.5) is 0 Å². The Morgan fingerprint density at radius 1 is 1.12 bits per heavy atom. The first-order chi connectivity index (χ1) is 8.36. The van der Waals surface area contributed by atoms with Crippen molar-refractivity contribution in [1.82, 2.24) is 4.98 Å². The van der Waals surface area contributed by atoms with Crippen LogP contribution in [0.3, 0.4) is 0 Å². The number of hydrogen-bond acceptors (Lipinski definition) is 3. The lowest BCUT2D eigenvalue weighted by Crippen LogP contribution is -1.90. The highest BCUT2D eigenvalue weighted by Gasteiger charge is 1.96. The molecule has 0 radical (unpaired) electrons. The highest BCUT2D eigenvalue weighted by atomic mass is 16.3. The minimum atomic E-state index is 0.294. The molecule has 1 aromatic heterocycles. The van der Waals surface area contributed by atoms with Crippen LogP contribution in [-0.2, 0) is 13.0 Å². The fourth-order valence-corrected chi connectivity index (χ4v) is 1.48. The van der Waals surface area contributed by atoms with E-state index in [0.717, 1.165) is 11.3 Å². The van der Waals surface area contributed by atoms with E-state index >= 15 is 0 Å². The van der Waals surface area contributed by atoms with Gasteiger partial charge in [0.15, 0.2) is 0 Å². The van der Waals surface area contributed by atoms with Gasteiger partial charge >= 0.3 is 0 Å². The molecule has 2 rings (SSSR count). The van der Waals surface area contributed by atoms with E-state index in [9.17, 15) is 5.11 Å². The fourth-order valence-electron chi connectivity index (χ4n) is 1.48. The van der Waals surface area contributed by atoms with Gasteiger partial charge in [-0.2, -0.15) is 0 Å². The predicted molar refractivity (Wildman–Crippen MR) is 68.2 cm³/mol. The third-order valence-electron chi connectivity index (χ3n) is 2.41. The maximum atomic E-state index is 9.54. The van der Waals surface area contributed by atoms with Gasteiger partial charge in [-0.05, 0) is 18.2 Å². The first-order valence-electron chi connectivity index (χ1n) is 5.51. The van der Waals surface area contributed by atoms with Crippen molar-refractivity contribution in [3.63, 3.8) is 0 Å². The maximum Gasteiger partial charge on any atom is 0.120 e. The van der Waals surface area contributed by atoms with Gasteiger partial charge in [0.2, 0.25) is 0 Å². The molecule has 1 heterocycles. The second-order valence-electron chi connectivity index (χ2n) is 3.68. The number of phenolic OH excluding ortho intramolecular Hbond substituents is 1. The summed E-state index contributed by atoms with van der Waals surface area (Å²) in [5.41, 5.74) is 1.83. The Morgan fingerprint density at radius 3 is 2.71 bits per heavy atom. The van der Waals surface area contributed by atoms with Crippen LogP contribution in [0, 0.1) is 0 Å². The molecule has 0 saturated carbocycles. The number of phenols is 1. The van der Waals surface area contributed by atoms with E-state index in [4.69, 9.17) is 0 Å². The molecule has 0 fully saturated rings. The van der Waals surface area contributed by atoms with Crippen molar-refractivity contribution in [3.8, 4) is 5.75 Å². The molecular formula is C14H14N2O. The minimum absolute atomic E-state index is 0.294. The van der Waals surface area contributed by atoms with Crippen molar-refractivity contribution >= 4 is 6.21 Å². The summed E-state index contributed by atoms with van der Waals surface area (Å²) in [5.74, 6) is 0.294. The van der Waals surface area contributed by atoms with Gasteiger partial charge in [-0.15, -0.1) is 0 Å². The topological polar surface area (TPSA) is 45.5 Å². The molecule has 0 aliphatic heterocycles. The zero-order valence-corrected chi connectivity index (χ0v) is 9.45. The van der Waals surface area contributed by atoms with Gasteiger partial charge in [0, 0.05) is 30.1 Å². The second-order valence-corrected chi connectivity index (χ2v) is 3.68. The normalized spacial score (nSPS) is 10.8. The molecule has 86 valence electrons. The molecule has 0 aliphatic carbocycles. The molecule has 0 atom stereocenters. The Labute approximate surface area is 100 Å². The van der Waals surface area contributed by atoms with Crippen LogP contribution in [0.5, 0.6) is 5.75 Å². The zero-order valence-electron chi connectivity index (χ0n) is 9.45. The Bertz CT molecular complexity index is 495. The van der Waals surface area contributed by atoms with Crippen LogP contribution in [-0.4, -0.2) is 16.3 Å². The monoisotopic (exact) mass is 226 g/mol. The molecule has 0 amide bonds. The van der Waals surface area contributed by atoms with E-state index in [1.165, 1.54) is 0 Å². The van der Waals surface area contributed by atoms with E-state index < -0.39 is 0 Å². The average Bonchev–Trinajstić information content (AvgIpc) is 2.38. The average molecular weight is 226 g/mol. The Hall–Kier alpha value is -2.16. The summed E-state index contributed by atoms with van der Waals surface area (Å²) < 4.78 is 0. The van der Waals surface area contributed by atoms with Crippen LogP contribution in [0.25, 0.3) is 0 Å². The van der Waals surface area contributed by atoms with Gasteiger partial charge in [0.1, 0.15) is 5.75 Å². The molecular weight excluding hydrogens is 212 g/mol. The number of aromatic hydroxyl groups is 1. The molecule has 0 aliphatic rings. The number of aromatic nitrogens is 1. The lowest BCUT2D eigenvalue weighted by atomic mass is 10.2. The number of nitrogens with zero attached hydrogens (tertiary/aromatic N) is 2. The van der Waals surface area contributed by atoms with Crippen LogP contribution in [0.1, 0.15) is 11.3 Å². The molecule has 3 nitrogen and oxygen atoms in total. The Balaban J connectivity index is 1.89. The molecule has 17 heavy (non-hydrogen) atoms. The fraction of sp³-hybridized carbons (Fsp3) is 0.143. The molecule has 0 unspecified atom stereocenters. The van der Waals surface area contributed by atoms with Gasteiger partial charge in [-0.25, -0.2) is 0 Å². The largest absolute Gasteiger partial charge is 0.508 e. The summed E-state index contributed by atoms with van der Waals surface area (Å²) in [4.78, 5) is 8.47. The van der Waals surface area contributed by atoms with Gasteiger partial charge in [0.05, 0.1) is 6.54 Å². The van der Waals surface area contributed by atoms with Crippen molar-refractivity contribution in [2.75, 3.05) is 0 Å². The van der Waals surface area contributed by atoms with Gasteiger partial charge in [-0.1, -0.05) is 24.3 Å². The van der Waals surface area contributed by atoms with Gasteiger partial charge in [0.25, 0.3) is 0 Å². The number of pyridine rings is 1. The zero-order chi connectivity index (χ0) is 11.9. The van der Waals surface area contributed by atoms with Crippen LogP contribution in [0.2, 0.25) is 0 Å².